The van der Waals surface area contributed by atoms with Gasteiger partial charge in [0.05, 0.1) is 13.0 Å². The Morgan fingerprint density at radius 3 is 2.16 bits per heavy atom. The second-order valence-electron chi connectivity index (χ2n) is 7.36. The minimum atomic E-state index is -0.388. The molecular weight excluding hydrogens is 388 g/mol. The number of esters is 1. The summed E-state index contributed by atoms with van der Waals surface area (Å²) in [5.74, 6) is 1.34. The summed E-state index contributed by atoms with van der Waals surface area (Å²) in [4.78, 5) is 12.7. The quantitative estimate of drug-likeness (QED) is 0.270. The lowest BCUT2D eigenvalue weighted by molar-refractivity contribution is -0.135. The highest BCUT2D eigenvalue weighted by atomic mass is 16.5. The molecule has 0 radical (unpaired) electrons. The summed E-state index contributed by atoms with van der Waals surface area (Å²) < 4.78 is 16.6. The van der Waals surface area contributed by atoms with Crippen LogP contribution in [-0.4, -0.2) is 13.1 Å². The predicted octanol–water partition coefficient (Wildman–Crippen LogP) is 6.14. The zero-order valence-corrected chi connectivity index (χ0v) is 17.6. The number of hydrogen-bond acceptors (Lipinski definition) is 4. The van der Waals surface area contributed by atoms with Gasteiger partial charge in [-0.25, -0.2) is 0 Å². The van der Waals surface area contributed by atoms with Crippen LogP contribution in [0.3, 0.4) is 0 Å². The molecule has 0 aliphatic rings. The molecule has 0 bridgehead atoms. The molecule has 0 saturated heterocycles. The van der Waals surface area contributed by atoms with Crippen molar-refractivity contribution in [1.29, 1.82) is 0 Å². The summed E-state index contributed by atoms with van der Waals surface area (Å²) in [6.07, 6.45) is 0. The fraction of sp³-hybridized carbons (Fsp3) is 0.148. The van der Waals surface area contributed by atoms with Gasteiger partial charge in [0, 0.05) is 0 Å². The third kappa shape index (κ3) is 5.04. The van der Waals surface area contributed by atoms with Gasteiger partial charge in [-0.1, -0.05) is 54.6 Å². The van der Waals surface area contributed by atoms with E-state index in [9.17, 15) is 4.79 Å². The smallest absolute Gasteiger partial charge is 0.318 e. The van der Waals surface area contributed by atoms with Crippen molar-refractivity contribution >= 4 is 16.7 Å². The van der Waals surface area contributed by atoms with Crippen molar-refractivity contribution in [3.63, 3.8) is 0 Å². The third-order valence-electron chi connectivity index (χ3n) is 5.22. The summed E-state index contributed by atoms with van der Waals surface area (Å²) in [5.41, 5.74) is 2.01. The normalized spacial score (nSPS) is 11.7. The summed E-state index contributed by atoms with van der Waals surface area (Å²) in [5, 5.41) is 2.12. The van der Waals surface area contributed by atoms with Crippen LogP contribution in [0, 0.1) is 0 Å². The van der Waals surface area contributed by atoms with Crippen LogP contribution in [0.2, 0.25) is 0 Å². The fourth-order valence-corrected chi connectivity index (χ4v) is 3.32. The number of carbonyl (C=O) groups is 1. The summed E-state index contributed by atoms with van der Waals surface area (Å²) in [6.45, 7) is 2.34. The molecule has 1 atom stereocenters. The van der Waals surface area contributed by atoms with E-state index in [-0.39, 0.29) is 11.9 Å². The van der Waals surface area contributed by atoms with Crippen molar-refractivity contribution in [3.05, 3.63) is 102 Å². The zero-order chi connectivity index (χ0) is 21.6. The SMILES string of the molecule is COc1ccc2cc([C@H](C)C(=O)Oc3ccc(OCc4ccccc4)cc3)ccc2c1. The van der Waals surface area contributed by atoms with E-state index in [4.69, 9.17) is 14.2 Å². The van der Waals surface area contributed by atoms with E-state index in [1.807, 2.05) is 73.7 Å². The van der Waals surface area contributed by atoms with Gasteiger partial charge in [-0.2, -0.15) is 0 Å². The Morgan fingerprint density at radius 2 is 1.42 bits per heavy atom. The molecule has 4 heteroatoms. The second kappa shape index (κ2) is 9.35. The van der Waals surface area contributed by atoms with Gasteiger partial charge in [-0.05, 0) is 65.2 Å². The first-order chi connectivity index (χ1) is 15.1. The van der Waals surface area contributed by atoms with E-state index in [0.717, 1.165) is 33.4 Å². The molecule has 4 nitrogen and oxygen atoms in total. The molecule has 0 N–H and O–H groups in total. The van der Waals surface area contributed by atoms with E-state index in [0.29, 0.717) is 12.4 Å². The minimum absolute atomic E-state index is 0.300. The molecule has 0 fully saturated rings. The minimum Gasteiger partial charge on any atom is -0.497 e. The van der Waals surface area contributed by atoms with Crippen molar-refractivity contribution in [2.75, 3.05) is 7.11 Å². The Bertz CT molecular complexity index is 1170. The molecule has 0 spiro atoms. The van der Waals surface area contributed by atoms with Crippen molar-refractivity contribution in [3.8, 4) is 17.2 Å². The van der Waals surface area contributed by atoms with Crippen LogP contribution in [0.5, 0.6) is 17.2 Å². The summed E-state index contributed by atoms with van der Waals surface area (Å²) in [6, 6.07) is 28.9. The van der Waals surface area contributed by atoms with Crippen molar-refractivity contribution < 1.29 is 19.0 Å². The van der Waals surface area contributed by atoms with Crippen LogP contribution >= 0.6 is 0 Å². The van der Waals surface area contributed by atoms with Gasteiger partial charge < -0.3 is 14.2 Å². The van der Waals surface area contributed by atoms with Gasteiger partial charge in [0.1, 0.15) is 23.9 Å². The van der Waals surface area contributed by atoms with Crippen LogP contribution in [0.1, 0.15) is 24.0 Å². The molecule has 0 aromatic heterocycles. The average Bonchev–Trinajstić information content (AvgIpc) is 2.83. The first-order valence-corrected chi connectivity index (χ1v) is 10.2. The van der Waals surface area contributed by atoms with Gasteiger partial charge in [-0.15, -0.1) is 0 Å². The van der Waals surface area contributed by atoms with Crippen LogP contribution in [0.15, 0.2) is 91.0 Å². The number of fused-ring (bicyclic) bond motifs is 1. The van der Waals surface area contributed by atoms with Crippen molar-refractivity contribution in [2.24, 2.45) is 0 Å². The lowest BCUT2D eigenvalue weighted by atomic mass is 9.98. The highest BCUT2D eigenvalue weighted by molar-refractivity contribution is 5.87. The molecule has 0 amide bonds. The fourth-order valence-electron chi connectivity index (χ4n) is 3.32. The monoisotopic (exact) mass is 412 g/mol. The Balaban J connectivity index is 1.38. The maximum atomic E-state index is 12.7. The molecule has 0 aliphatic heterocycles. The number of hydrogen-bond donors (Lipinski definition) is 0. The average molecular weight is 412 g/mol. The maximum absolute atomic E-state index is 12.7. The van der Waals surface area contributed by atoms with E-state index in [1.54, 1.807) is 31.4 Å². The number of carbonyl (C=O) groups excluding carboxylic acids is 1. The van der Waals surface area contributed by atoms with E-state index >= 15 is 0 Å². The molecule has 156 valence electrons. The molecule has 4 aromatic carbocycles. The summed E-state index contributed by atoms with van der Waals surface area (Å²) >= 11 is 0. The lowest BCUT2D eigenvalue weighted by Gasteiger charge is -2.13. The van der Waals surface area contributed by atoms with Gasteiger partial charge >= 0.3 is 5.97 Å². The Labute approximate surface area is 182 Å². The molecule has 0 heterocycles. The first-order valence-electron chi connectivity index (χ1n) is 10.2. The second-order valence-corrected chi connectivity index (χ2v) is 7.36. The van der Waals surface area contributed by atoms with E-state index in [2.05, 4.69) is 0 Å². The molecule has 0 unspecified atom stereocenters. The Kier molecular flexibility index (Phi) is 6.18. The maximum Gasteiger partial charge on any atom is 0.318 e. The topological polar surface area (TPSA) is 44.8 Å². The van der Waals surface area contributed by atoms with Gasteiger partial charge in [-0.3, -0.25) is 4.79 Å². The standard InChI is InChI=1S/C27H24O4/c1-19(21-8-9-23-17-26(29-2)11-10-22(23)16-21)27(28)31-25-14-12-24(13-15-25)30-18-20-6-4-3-5-7-20/h3-17,19H,18H2,1-2H3/t19-/m0/s1. The lowest BCUT2D eigenvalue weighted by Crippen LogP contribution is -2.16. The highest BCUT2D eigenvalue weighted by Crippen LogP contribution is 2.27. The molecule has 4 aromatic rings. The van der Waals surface area contributed by atoms with Crippen LogP contribution in [0.25, 0.3) is 10.8 Å². The van der Waals surface area contributed by atoms with Gasteiger partial charge in [0.15, 0.2) is 0 Å². The van der Waals surface area contributed by atoms with Crippen LogP contribution in [0.4, 0.5) is 0 Å². The van der Waals surface area contributed by atoms with Gasteiger partial charge in [0.2, 0.25) is 0 Å². The number of rotatable bonds is 7. The van der Waals surface area contributed by atoms with E-state index < -0.39 is 0 Å². The first kappa shape index (κ1) is 20.5. The van der Waals surface area contributed by atoms with Gasteiger partial charge in [0.25, 0.3) is 0 Å². The van der Waals surface area contributed by atoms with Crippen molar-refractivity contribution in [1.82, 2.24) is 0 Å². The number of ether oxygens (including phenoxy) is 3. The number of benzene rings is 4. The molecule has 4 rings (SSSR count). The Morgan fingerprint density at radius 1 is 0.774 bits per heavy atom. The molecule has 0 aliphatic carbocycles. The third-order valence-corrected chi connectivity index (χ3v) is 5.22. The van der Waals surface area contributed by atoms with E-state index in [1.165, 1.54) is 0 Å². The predicted molar refractivity (Wildman–Crippen MR) is 122 cm³/mol. The molecule has 31 heavy (non-hydrogen) atoms. The molecular formula is C27H24O4. The van der Waals surface area contributed by atoms with Crippen molar-refractivity contribution in [2.45, 2.75) is 19.4 Å². The zero-order valence-electron chi connectivity index (χ0n) is 17.6. The van der Waals surface area contributed by atoms with Crippen LogP contribution in [-0.2, 0) is 11.4 Å². The number of methoxy groups -OCH3 is 1. The van der Waals surface area contributed by atoms with Crippen LogP contribution < -0.4 is 14.2 Å². The highest BCUT2D eigenvalue weighted by Gasteiger charge is 2.18. The molecule has 0 saturated carbocycles. The largest absolute Gasteiger partial charge is 0.497 e. The Hall–Kier alpha value is -3.79. The summed E-state index contributed by atoms with van der Waals surface area (Å²) in [7, 11) is 1.65.